The molecule has 0 aromatic rings. The molecule has 1 saturated heterocycles. The molecule has 0 N–H and O–H groups in total. The molecule has 1 aliphatic heterocycles. The Hall–Kier alpha value is -1.24. The van der Waals surface area contributed by atoms with Gasteiger partial charge in [-0.25, -0.2) is 0 Å². The van der Waals surface area contributed by atoms with E-state index in [4.69, 9.17) is 9.47 Å². The van der Waals surface area contributed by atoms with Gasteiger partial charge in [-0.1, -0.05) is 31.9 Å². The highest BCUT2D eigenvalue weighted by molar-refractivity contribution is 5.78. The lowest BCUT2D eigenvalue weighted by Gasteiger charge is -2.35. The van der Waals surface area contributed by atoms with Crippen molar-refractivity contribution in [3.05, 3.63) is 12.2 Å². The molecule has 1 aliphatic rings. The molecule has 0 aromatic carbocycles. The van der Waals surface area contributed by atoms with E-state index in [2.05, 4.69) is 28.7 Å². The third-order valence-corrected chi connectivity index (χ3v) is 5.63. The third kappa shape index (κ3) is 8.02. The smallest absolute Gasteiger partial charge is 0.305 e. The lowest BCUT2D eigenvalue weighted by molar-refractivity contribution is -0.218. The quantitative estimate of drug-likeness (QED) is 0.181. The van der Waals surface area contributed by atoms with E-state index in [1.54, 1.807) is 14.2 Å². The number of esters is 1. The standard InChI is InChI=1S/C22H39NO5/c1-5-6-9-12-19(24)15-17-23-18-16-22(27-3,28-4)20(23)13-10-7-8-11-14-21(25)26-2/h7,10,20H,5-6,8-9,11-18H2,1-4H3/b10-7-/t20-/m0/s1. The lowest BCUT2D eigenvalue weighted by atomic mass is 10.0. The molecule has 28 heavy (non-hydrogen) atoms. The first-order valence-corrected chi connectivity index (χ1v) is 10.6. The Morgan fingerprint density at radius 3 is 2.43 bits per heavy atom. The van der Waals surface area contributed by atoms with Gasteiger partial charge in [-0.05, 0) is 25.7 Å². The van der Waals surface area contributed by atoms with Gasteiger partial charge in [0.15, 0.2) is 5.79 Å². The molecule has 6 heteroatoms. The summed E-state index contributed by atoms with van der Waals surface area (Å²) in [6, 6.07) is 0.0859. The van der Waals surface area contributed by atoms with Gasteiger partial charge in [0.1, 0.15) is 5.78 Å². The minimum Gasteiger partial charge on any atom is -0.469 e. The molecule has 0 aromatic heterocycles. The van der Waals surface area contributed by atoms with Crippen LogP contribution in [0.4, 0.5) is 0 Å². The molecule has 0 radical (unpaired) electrons. The number of allylic oxidation sites excluding steroid dienone is 1. The summed E-state index contributed by atoms with van der Waals surface area (Å²) in [5, 5.41) is 0. The first-order valence-electron chi connectivity index (χ1n) is 10.6. The van der Waals surface area contributed by atoms with Gasteiger partial charge in [-0.2, -0.15) is 0 Å². The summed E-state index contributed by atoms with van der Waals surface area (Å²) in [5.74, 6) is -0.448. The van der Waals surface area contributed by atoms with Crippen molar-refractivity contribution >= 4 is 11.8 Å². The zero-order valence-corrected chi connectivity index (χ0v) is 18.2. The van der Waals surface area contributed by atoms with Crippen LogP contribution in [0.2, 0.25) is 0 Å². The number of hydrogen-bond donors (Lipinski definition) is 0. The van der Waals surface area contributed by atoms with E-state index in [9.17, 15) is 9.59 Å². The minimum atomic E-state index is -0.623. The molecule has 1 heterocycles. The average molecular weight is 398 g/mol. The number of hydrogen-bond acceptors (Lipinski definition) is 6. The maximum absolute atomic E-state index is 12.2. The Bertz CT molecular complexity index is 487. The normalized spacial score (nSPS) is 19.4. The Morgan fingerprint density at radius 2 is 1.79 bits per heavy atom. The summed E-state index contributed by atoms with van der Waals surface area (Å²) >= 11 is 0. The van der Waals surface area contributed by atoms with E-state index in [-0.39, 0.29) is 12.0 Å². The summed E-state index contributed by atoms with van der Waals surface area (Å²) in [6.45, 7) is 3.77. The van der Waals surface area contributed by atoms with Crippen LogP contribution < -0.4 is 0 Å². The van der Waals surface area contributed by atoms with Crippen LogP contribution in [-0.2, 0) is 23.8 Å². The van der Waals surface area contributed by atoms with Crippen LogP contribution in [0.1, 0.15) is 71.1 Å². The molecule has 1 fully saturated rings. The van der Waals surface area contributed by atoms with Crippen LogP contribution >= 0.6 is 0 Å². The fourth-order valence-corrected chi connectivity index (χ4v) is 3.83. The van der Waals surface area contributed by atoms with Crippen molar-refractivity contribution < 1.29 is 23.8 Å². The van der Waals surface area contributed by atoms with Crippen LogP contribution in [0, 0.1) is 0 Å². The van der Waals surface area contributed by atoms with Gasteiger partial charge >= 0.3 is 5.97 Å². The number of methoxy groups -OCH3 is 3. The largest absolute Gasteiger partial charge is 0.469 e. The molecule has 1 atom stereocenters. The number of ether oxygens (including phenoxy) is 3. The highest BCUT2D eigenvalue weighted by Crippen LogP contribution is 2.35. The zero-order valence-electron chi connectivity index (χ0n) is 18.2. The number of rotatable bonds is 15. The Balaban J connectivity index is 2.54. The number of carbonyl (C=O) groups excluding carboxylic acids is 2. The van der Waals surface area contributed by atoms with Crippen molar-refractivity contribution in [3.63, 3.8) is 0 Å². The van der Waals surface area contributed by atoms with Crippen LogP contribution in [0.25, 0.3) is 0 Å². The lowest BCUT2D eigenvalue weighted by Crippen LogP contribution is -2.47. The van der Waals surface area contributed by atoms with E-state index < -0.39 is 5.79 Å². The minimum absolute atomic E-state index is 0.0859. The highest BCUT2D eigenvalue weighted by atomic mass is 16.7. The predicted molar refractivity (Wildman–Crippen MR) is 110 cm³/mol. The Morgan fingerprint density at radius 1 is 1.04 bits per heavy atom. The van der Waals surface area contributed by atoms with Crippen molar-refractivity contribution in [2.75, 3.05) is 34.4 Å². The number of unbranched alkanes of at least 4 members (excludes halogenated alkanes) is 3. The van der Waals surface area contributed by atoms with Crippen LogP contribution in [0.15, 0.2) is 12.2 Å². The molecular formula is C22H39NO5. The van der Waals surface area contributed by atoms with Gasteiger partial charge < -0.3 is 14.2 Å². The summed E-state index contributed by atoms with van der Waals surface area (Å²) in [6.07, 6.45) is 12.4. The van der Waals surface area contributed by atoms with Crippen LogP contribution in [0.5, 0.6) is 0 Å². The molecule has 0 unspecified atom stereocenters. The van der Waals surface area contributed by atoms with Crippen LogP contribution in [-0.4, -0.2) is 62.9 Å². The number of nitrogens with zero attached hydrogens (tertiary/aromatic N) is 1. The zero-order chi connectivity index (χ0) is 20.8. The Labute approximate surface area is 170 Å². The number of ketones is 1. The summed E-state index contributed by atoms with van der Waals surface area (Å²) in [5.41, 5.74) is 0. The molecule has 0 bridgehead atoms. The molecule has 0 amide bonds. The summed E-state index contributed by atoms with van der Waals surface area (Å²) < 4.78 is 16.2. The van der Waals surface area contributed by atoms with Crippen molar-refractivity contribution in [1.82, 2.24) is 4.90 Å². The topological polar surface area (TPSA) is 65.1 Å². The molecule has 162 valence electrons. The molecular weight excluding hydrogens is 358 g/mol. The van der Waals surface area contributed by atoms with Crippen molar-refractivity contribution in [3.8, 4) is 0 Å². The monoisotopic (exact) mass is 397 g/mol. The van der Waals surface area contributed by atoms with Crippen LogP contribution in [0.3, 0.4) is 0 Å². The predicted octanol–water partition coefficient (Wildman–Crippen LogP) is 3.88. The van der Waals surface area contributed by atoms with Gasteiger partial charge in [0.05, 0.1) is 13.2 Å². The van der Waals surface area contributed by atoms with Gasteiger partial charge in [0, 0.05) is 53.0 Å². The number of carbonyl (C=O) groups is 2. The first-order chi connectivity index (χ1) is 13.5. The van der Waals surface area contributed by atoms with E-state index >= 15 is 0 Å². The van der Waals surface area contributed by atoms with Gasteiger partial charge in [0.25, 0.3) is 0 Å². The molecule has 1 rings (SSSR count). The molecule has 0 spiro atoms. The van der Waals surface area contributed by atoms with E-state index in [0.29, 0.717) is 25.0 Å². The van der Waals surface area contributed by atoms with Crippen molar-refractivity contribution in [1.29, 1.82) is 0 Å². The van der Waals surface area contributed by atoms with Gasteiger partial charge in [0.2, 0.25) is 0 Å². The molecule has 6 nitrogen and oxygen atoms in total. The average Bonchev–Trinajstić information content (AvgIpc) is 3.06. The number of likely N-dealkylation sites (tertiary alicyclic amines) is 1. The molecule has 0 aliphatic carbocycles. The Kier molecular flexibility index (Phi) is 12.3. The summed E-state index contributed by atoms with van der Waals surface area (Å²) in [7, 11) is 4.79. The fourth-order valence-electron chi connectivity index (χ4n) is 3.83. The highest BCUT2D eigenvalue weighted by Gasteiger charge is 2.47. The second-order valence-electron chi connectivity index (χ2n) is 7.44. The maximum atomic E-state index is 12.2. The van der Waals surface area contributed by atoms with E-state index in [1.165, 1.54) is 7.11 Å². The van der Waals surface area contributed by atoms with Crippen molar-refractivity contribution in [2.45, 2.75) is 83.0 Å². The van der Waals surface area contributed by atoms with Gasteiger partial charge in [-0.15, -0.1) is 0 Å². The summed E-state index contributed by atoms with van der Waals surface area (Å²) in [4.78, 5) is 25.6. The fraction of sp³-hybridized carbons (Fsp3) is 0.818. The second kappa shape index (κ2) is 13.9. The number of Topliss-reactive ketones (excluding diaryl/α,β-unsaturated/α-hetero) is 1. The van der Waals surface area contributed by atoms with Crippen molar-refractivity contribution in [2.24, 2.45) is 0 Å². The first kappa shape index (κ1) is 24.8. The van der Waals surface area contributed by atoms with Gasteiger partial charge in [-0.3, -0.25) is 14.5 Å². The second-order valence-corrected chi connectivity index (χ2v) is 7.44. The maximum Gasteiger partial charge on any atom is 0.305 e. The van der Waals surface area contributed by atoms with E-state index in [0.717, 1.165) is 58.0 Å². The van der Waals surface area contributed by atoms with E-state index in [1.807, 2.05) is 0 Å². The molecule has 0 saturated carbocycles. The third-order valence-electron chi connectivity index (χ3n) is 5.63. The SMILES string of the molecule is CCCCCC(=O)CCN1CCC(OC)(OC)[C@@H]1C/C=C\CCCC(=O)OC.